The van der Waals surface area contributed by atoms with Gasteiger partial charge in [-0.25, -0.2) is 0 Å². The molecule has 15 heavy (non-hydrogen) atoms. The molecule has 1 saturated heterocycles. The van der Waals surface area contributed by atoms with Crippen LogP contribution in [0, 0.1) is 0 Å². The van der Waals surface area contributed by atoms with Gasteiger partial charge in [-0.15, -0.1) is 0 Å². The van der Waals surface area contributed by atoms with Gasteiger partial charge in [-0.2, -0.15) is 17.0 Å². The van der Waals surface area contributed by atoms with Gasteiger partial charge in [-0.05, 0) is 6.42 Å². The van der Waals surface area contributed by atoms with Gasteiger partial charge in [0.25, 0.3) is 10.2 Å². The standard InChI is InChI=1S/C8H19N3O3S/c1-10(5-6-14-2)15(12,13)11-4-3-8(9)7-11/h8H,3-7,9H2,1-2H3/t8-/m0/s1. The summed E-state index contributed by atoms with van der Waals surface area (Å²) in [6.45, 7) is 1.70. The van der Waals surface area contributed by atoms with E-state index in [4.69, 9.17) is 10.5 Å². The minimum Gasteiger partial charge on any atom is -0.383 e. The quantitative estimate of drug-likeness (QED) is 0.654. The van der Waals surface area contributed by atoms with E-state index in [9.17, 15) is 8.42 Å². The molecule has 6 nitrogen and oxygen atoms in total. The van der Waals surface area contributed by atoms with Crippen LogP contribution in [0.4, 0.5) is 0 Å². The number of nitrogens with zero attached hydrogens (tertiary/aromatic N) is 2. The Labute approximate surface area is 91.2 Å². The van der Waals surface area contributed by atoms with Crippen molar-refractivity contribution in [3.8, 4) is 0 Å². The number of methoxy groups -OCH3 is 1. The molecule has 0 aromatic heterocycles. The number of nitrogens with two attached hydrogens (primary N) is 1. The zero-order valence-corrected chi connectivity index (χ0v) is 10.0. The molecule has 0 aromatic carbocycles. The van der Waals surface area contributed by atoms with E-state index in [0.717, 1.165) is 6.42 Å². The summed E-state index contributed by atoms with van der Waals surface area (Å²) in [5.41, 5.74) is 5.67. The maximum Gasteiger partial charge on any atom is 0.281 e. The van der Waals surface area contributed by atoms with E-state index in [-0.39, 0.29) is 6.04 Å². The Morgan fingerprint density at radius 1 is 1.60 bits per heavy atom. The van der Waals surface area contributed by atoms with Crippen LogP contribution in [-0.2, 0) is 14.9 Å². The summed E-state index contributed by atoms with van der Waals surface area (Å²) in [5.74, 6) is 0. The molecular formula is C8H19N3O3S. The third kappa shape index (κ3) is 3.12. The minimum absolute atomic E-state index is 0.0319. The van der Waals surface area contributed by atoms with Crippen molar-refractivity contribution in [1.82, 2.24) is 8.61 Å². The highest BCUT2D eigenvalue weighted by atomic mass is 32.2. The Balaban J connectivity index is 2.57. The number of ether oxygens (including phenoxy) is 1. The van der Waals surface area contributed by atoms with Crippen molar-refractivity contribution in [3.05, 3.63) is 0 Å². The van der Waals surface area contributed by atoms with Gasteiger partial charge in [0.1, 0.15) is 0 Å². The third-order valence-electron chi connectivity index (χ3n) is 2.52. The Morgan fingerprint density at radius 3 is 2.73 bits per heavy atom. The van der Waals surface area contributed by atoms with Crippen molar-refractivity contribution in [2.75, 3.05) is 40.4 Å². The van der Waals surface area contributed by atoms with Crippen molar-refractivity contribution in [3.63, 3.8) is 0 Å². The highest BCUT2D eigenvalue weighted by Crippen LogP contribution is 2.14. The lowest BCUT2D eigenvalue weighted by atomic mass is 10.3. The van der Waals surface area contributed by atoms with Crippen LogP contribution in [0.3, 0.4) is 0 Å². The van der Waals surface area contributed by atoms with Crippen LogP contribution in [0.1, 0.15) is 6.42 Å². The highest BCUT2D eigenvalue weighted by Gasteiger charge is 2.32. The van der Waals surface area contributed by atoms with Gasteiger partial charge < -0.3 is 10.5 Å². The van der Waals surface area contributed by atoms with Crippen molar-refractivity contribution < 1.29 is 13.2 Å². The number of hydrogen-bond acceptors (Lipinski definition) is 4. The molecule has 0 aliphatic carbocycles. The highest BCUT2D eigenvalue weighted by molar-refractivity contribution is 7.86. The fourth-order valence-electron chi connectivity index (χ4n) is 1.50. The maximum absolute atomic E-state index is 11.9. The van der Waals surface area contributed by atoms with Gasteiger partial charge in [0.2, 0.25) is 0 Å². The van der Waals surface area contributed by atoms with Crippen LogP contribution < -0.4 is 5.73 Å². The Kier molecular flexibility index (Phi) is 4.47. The molecule has 90 valence electrons. The van der Waals surface area contributed by atoms with Crippen LogP contribution >= 0.6 is 0 Å². The Morgan fingerprint density at radius 2 is 2.27 bits per heavy atom. The molecule has 1 aliphatic rings. The summed E-state index contributed by atoms with van der Waals surface area (Å²) < 4.78 is 31.4. The Hall–Kier alpha value is -0.210. The molecule has 1 rings (SSSR count). The molecule has 1 aliphatic heterocycles. The Bertz CT molecular complexity index is 294. The van der Waals surface area contributed by atoms with Crippen molar-refractivity contribution in [2.24, 2.45) is 5.73 Å². The van der Waals surface area contributed by atoms with Crippen molar-refractivity contribution in [2.45, 2.75) is 12.5 Å². The first-order valence-corrected chi connectivity index (χ1v) is 6.34. The zero-order valence-electron chi connectivity index (χ0n) is 9.22. The zero-order chi connectivity index (χ0) is 11.5. The fraction of sp³-hybridized carbons (Fsp3) is 1.00. The van der Waals surface area contributed by atoms with Gasteiger partial charge in [-0.3, -0.25) is 0 Å². The molecule has 0 amide bonds. The summed E-state index contributed by atoms with van der Waals surface area (Å²) in [6, 6.07) is -0.0319. The SMILES string of the molecule is COCCN(C)S(=O)(=O)N1CC[C@H](N)C1. The normalized spacial score (nSPS) is 23.9. The lowest BCUT2D eigenvalue weighted by molar-refractivity contribution is 0.183. The van der Waals surface area contributed by atoms with Crippen molar-refractivity contribution in [1.29, 1.82) is 0 Å². The maximum atomic E-state index is 11.9. The van der Waals surface area contributed by atoms with Gasteiger partial charge in [0.15, 0.2) is 0 Å². The molecular weight excluding hydrogens is 218 g/mol. The van der Waals surface area contributed by atoms with Crippen LogP contribution in [0.25, 0.3) is 0 Å². The van der Waals surface area contributed by atoms with E-state index in [0.29, 0.717) is 26.2 Å². The minimum atomic E-state index is -3.34. The van der Waals surface area contributed by atoms with E-state index in [2.05, 4.69) is 0 Å². The van der Waals surface area contributed by atoms with E-state index < -0.39 is 10.2 Å². The third-order valence-corrected chi connectivity index (χ3v) is 4.47. The molecule has 0 spiro atoms. The predicted octanol–water partition coefficient (Wildman–Crippen LogP) is -1.16. The second-order valence-electron chi connectivity index (χ2n) is 3.73. The van der Waals surface area contributed by atoms with Crippen LogP contribution in [-0.4, -0.2) is 63.5 Å². The summed E-state index contributed by atoms with van der Waals surface area (Å²) in [6.07, 6.45) is 0.733. The number of hydrogen-bond donors (Lipinski definition) is 1. The molecule has 0 unspecified atom stereocenters. The average molecular weight is 237 g/mol. The molecule has 0 radical (unpaired) electrons. The molecule has 1 fully saturated rings. The van der Waals surface area contributed by atoms with Crippen LogP contribution in [0.5, 0.6) is 0 Å². The largest absolute Gasteiger partial charge is 0.383 e. The lowest BCUT2D eigenvalue weighted by Gasteiger charge is -2.23. The summed E-state index contributed by atoms with van der Waals surface area (Å²) in [5, 5.41) is 0. The average Bonchev–Trinajstić information content (AvgIpc) is 2.61. The van der Waals surface area contributed by atoms with E-state index in [1.54, 1.807) is 14.2 Å². The van der Waals surface area contributed by atoms with Gasteiger partial charge >= 0.3 is 0 Å². The van der Waals surface area contributed by atoms with Crippen molar-refractivity contribution >= 4 is 10.2 Å². The lowest BCUT2D eigenvalue weighted by Crippen LogP contribution is -2.42. The number of rotatable bonds is 5. The smallest absolute Gasteiger partial charge is 0.281 e. The molecule has 2 N–H and O–H groups in total. The van der Waals surface area contributed by atoms with Gasteiger partial charge in [0.05, 0.1) is 6.61 Å². The molecule has 0 saturated carbocycles. The molecule has 1 heterocycles. The van der Waals surface area contributed by atoms with Crippen LogP contribution in [0.2, 0.25) is 0 Å². The summed E-state index contributed by atoms with van der Waals surface area (Å²) >= 11 is 0. The van der Waals surface area contributed by atoms with E-state index >= 15 is 0 Å². The first-order valence-electron chi connectivity index (χ1n) is 4.94. The predicted molar refractivity (Wildman–Crippen MR) is 57.6 cm³/mol. The molecule has 1 atom stereocenters. The monoisotopic (exact) mass is 237 g/mol. The van der Waals surface area contributed by atoms with E-state index in [1.165, 1.54) is 8.61 Å². The topological polar surface area (TPSA) is 75.9 Å². The number of likely N-dealkylation sites (N-methyl/N-ethyl adjacent to an activating group) is 1. The second kappa shape index (κ2) is 5.22. The summed E-state index contributed by atoms with van der Waals surface area (Å²) in [4.78, 5) is 0. The first kappa shape index (κ1) is 12.9. The molecule has 0 bridgehead atoms. The van der Waals surface area contributed by atoms with Crippen LogP contribution in [0.15, 0.2) is 0 Å². The van der Waals surface area contributed by atoms with Gasteiger partial charge in [0, 0.05) is 39.8 Å². The van der Waals surface area contributed by atoms with E-state index in [1.807, 2.05) is 0 Å². The fourth-order valence-corrected chi connectivity index (χ4v) is 2.91. The second-order valence-corrected chi connectivity index (χ2v) is 5.76. The summed E-state index contributed by atoms with van der Waals surface area (Å²) in [7, 11) is -0.236. The van der Waals surface area contributed by atoms with Gasteiger partial charge in [-0.1, -0.05) is 0 Å². The molecule has 7 heteroatoms. The molecule has 0 aromatic rings. The first-order chi connectivity index (χ1) is 6.98.